The monoisotopic (exact) mass is 208 g/mol. The lowest BCUT2D eigenvalue weighted by Gasteiger charge is -2.08. The van der Waals surface area contributed by atoms with E-state index in [4.69, 9.17) is 4.74 Å². The second-order valence-corrected chi connectivity index (χ2v) is 3.59. The van der Waals surface area contributed by atoms with Crippen molar-refractivity contribution in [2.45, 2.75) is 19.8 Å². The van der Waals surface area contributed by atoms with Crippen LogP contribution in [0.3, 0.4) is 0 Å². The first-order chi connectivity index (χ1) is 7.13. The maximum atomic E-state index is 10.9. The van der Waals surface area contributed by atoms with E-state index in [1.807, 2.05) is 24.3 Å². The molecule has 1 aromatic rings. The standard InChI is InChI=1S/C12H16O3/c1-9(2)10-5-4-6-11(7-10)15-8-12(13)14-3/h4-7,9H,8H2,1-3H3. The van der Waals surface area contributed by atoms with E-state index in [9.17, 15) is 4.79 Å². The summed E-state index contributed by atoms with van der Waals surface area (Å²) in [4.78, 5) is 10.9. The fourth-order valence-electron chi connectivity index (χ4n) is 1.16. The van der Waals surface area contributed by atoms with Gasteiger partial charge in [-0.2, -0.15) is 0 Å². The fraction of sp³-hybridized carbons (Fsp3) is 0.417. The molecule has 82 valence electrons. The third kappa shape index (κ3) is 3.62. The highest BCUT2D eigenvalue weighted by Crippen LogP contribution is 2.19. The molecule has 0 N–H and O–H groups in total. The Kier molecular flexibility index (Phi) is 4.16. The topological polar surface area (TPSA) is 35.5 Å². The molecule has 0 heterocycles. The van der Waals surface area contributed by atoms with Crippen LogP contribution in [-0.4, -0.2) is 19.7 Å². The molecule has 0 aromatic heterocycles. The SMILES string of the molecule is COC(=O)COc1cccc(C(C)C)c1. The van der Waals surface area contributed by atoms with Crippen LogP contribution < -0.4 is 4.74 Å². The molecule has 0 spiro atoms. The lowest BCUT2D eigenvalue weighted by molar-refractivity contribution is -0.142. The number of hydrogen-bond donors (Lipinski definition) is 0. The van der Waals surface area contributed by atoms with Gasteiger partial charge in [0.1, 0.15) is 5.75 Å². The van der Waals surface area contributed by atoms with Crippen LogP contribution in [0.4, 0.5) is 0 Å². The zero-order chi connectivity index (χ0) is 11.3. The first-order valence-electron chi connectivity index (χ1n) is 4.93. The van der Waals surface area contributed by atoms with E-state index >= 15 is 0 Å². The van der Waals surface area contributed by atoms with Gasteiger partial charge in [0.25, 0.3) is 0 Å². The Bertz CT molecular complexity index is 331. The number of carbonyl (C=O) groups excluding carboxylic acids is 1. The second-order valence-electron chi connectivity index (χ2n) is 3.59. The average molecular weight is 208 g/mol. The van der Waals surface area contributed by atoms with Gasteiger partial charge >= 0.3 is 5.97 Å². The molecule has 15 heavy (non-hydrogen) atoms. The van der Waals surface area contributed by atoms with E-state index in [0.29, 0.717) is 11.7 Å². The zero-order valence-electron chi connectivity index (χ0n) is 9.32. The van der Waals surface area contributed by atoms with Crippen molar-refractivity contribution in [2.24, 2.45) is 0 Å². The Labute approximate surface area is 90.0 Å². The molecule has 0 atom stereocenters. The summed E-state index contributed by atoms with van der Waals surface area (Å²) in [6, 6.07) is 7.72. The number of benzene rings is 1. The summed E-state index contributed by atoms with van der Waals surface area (Å²) >= 11 is 0. The van der Waals surface area contributed by atoms with E-state index < -0.39 is 0 Å². The number of ether oxygens (including phenoxy) is 2. The van der Waals surface area contributed by atoms with Gasteiger partial charge in [0, 0.05) is 0 Å². The van der Waals surface area contributed by atoms with Crippen LogP contribution in [0.2, 0.25) is 0 Å². The summed E-state index contributed by atoms with van der Waals surface area (Å²) in [6.45, 7) is 4.18. The minimum absolute atomic E-state index is 0.0436. The van der Waals surface area contributed by atoms with Gasteiger partial charge in [-0.15, -0.1) is 0 Å². The van der Waals surface area contributed by atoms with Gasteiger partial charge in [-0.05, 0) is 23.6 Å². The fourth-order valence-corrected chi connectivity index (χ4v) is 1.16. The molecule has 1 rings (SSSR count). The van der Waals surface area contributed by atoms with Crippen molar-refractivity contribution >= 4 is 5.97 Å². The lowest BCUT2D eigenvalue weighted by Crippen LogP contribution is -2.12. The number of esters is 1. The molecule has 0 aliphatic carbocycles. The molecule has 0 amide bonds. The zero-order valence-corrected chi connectivity index (χ0v) is 9.32. The molecule has 0 saturated heterocycles. The molecule has 0 unspecified atom stereocenters. The molecule has 1 aromatic carbocycles. The molecular formula is C12H16O3. The van der Waals surface area contributed by atoms with Crippen LogP contribution >= 0.6 is 0 Å². The first kappa shape index (κ1) is 11.6. The molecule has 0 saturated carbocycles. The Balaban J connectivity index is 2.61. The molecule has 3 nitrogen and oxygen atoms in total. The van der Waals surface area contributed by atoms with Gasteiger partial charge in [0.05, 0.1) is 7.11 Å². The minimum Gasteiger partial charge on any atom is -0.482 e. The van der Waals surface area contributed by atoms with Crippen LogP contribution in [-0.2, 0) is 9.53 Å². The van der Waals surface area contributed by atoms with Gasteiger partial charge < -0.3 is 9.47 Å². The molecule has 0 bridgehead atoms. The molecule has 0 aliphatic heterocycles. The van der Waals surface area contributed by atoms with Crippen molar-refractivity contribution < 1.29 is 14.3 Å². The third-order valence-corrected chi connectivity index (χ3v) is 2.11. The third-order valence-electron chi connectivity index (χ3n) is 2.11. The number of methoxy groups -OCH3 is 1. The summed E-state index contributed by atoms with van der Waals surface area (Å²) in [5, 5.41) is 0. The molecule has 0 fully saturated rings. The second kappa shape index (κ2) is 5.39. The minimum atomic E-state index is -0.370. The van der Waals surface area contributed by atoms with E-state index in [-0.39, 0.29) is 12.6 Å². The summed E-state index contributed by atoms with van der Waals surface area (Å²) in [5.41, 5.74) is 1.19. The number of rotatable bonds is 4. The van der Waals surface area contributed by atoms with Crippen LogP contribution in [0.25, 0.3) is 0 Å². The van der Waals surface area contributed by atoms with E-state index in [1.165, 1.54) is 12.7 Å². The van der Waals surface area contributed by atoms with E-state index in [1.54, 1.807) is 0 Å². The number of hydrogen-bond acceptors (Lipinski definition) is 3. The largest absolute Gasteiger partial charge is 0.482 e. The van der Waals surface area contributed by atoms with E-state index in [0.717, 1.165) is 0 Å². The first-order valence-corrected chi connectivity index (χ1v) is 4.93. The van der Waals surface area contributed by atoms with Crippen molar-refractivity contribution in [1.29, 1.82) is 0 Å². The van der Waals surface area contributed by atoms with Crippen molar-refractivity contribution in [2.75, 3.05) is 13.7 Å². The molecular weight excluding hydrogens is 192 g/mol. The summed E-state index contributed by atoms with van der Waals surface area (Å²) in [5.74, 6) is 0.781. The average Bonchev–Trinajstić information content (AvgIpc) is 2.26. The quantitative estimate of drug-likeness (QED) is 0.712. The Morgan fingerprint density at radius 1 is 1.40 bits per heavy atom. The predicted molar refractivity (Wildman–Crippen MR) is 58.0 cm³/mol. The highest BCUT2D eigenvalue weighted by molar-refractivity contribution is 5.70. The highest BCUT2D eigenvalue weighted by atomic mass is 16.6. The van der Waals surface area contributed by atoms with Crippen molar-refractivity contribution in [3.8, 4) is 5.75 Å². The van der Waals surface area contributed by atoms with Crippen LogP contribution in [0, 0.1) is 0 Å². The maximum Gasteiger partial charge on any atom is 0.343 e. The summed E-state index contributed by atoms with van der Waals surface area (Å²) < 4.78 is 9.76. The van der Waals surface area contributed by atoms with Crippen LogP contribution in [0.1, 0.15) is 25.3 Å². The van der Waals surface area contributed by atoms with Gasteiger partial charge in [0.2, 0.25) is 0 Å². The molecule has 3 heteroatoms. The molecule has 0 radical (unpaired) electrons. The summed E-state index contributed by atoms with van der Waals surface area (Å²) in [7, 11) is 1.34. The lowest BCUT2D eigenvalue weighted by atomic mass is 10.0. The van der Waals surface area contributed by atoms with Crippen LogP contribution in [0.5, 0.6) is 5.75 Å². The Morgan fingerprint density at radius 2 is 2.13 bits per heavy atom. The highest BCUT2D eigenvalue weighted by Gasteiger charge is 2.03. The Morgan fingerprint density at radius 3 is 2.73 bits per heavy atom. The normalized spacial score (nSPS) is 10.1. The van der Waals surface area contributed by atoms with Gasteiger partial charge in [-0.3, -0.25) is 0 Å². The van der Waals surface area contributed by atoms with Gasteiger partial charge in [0.15, 0.2) is 6.61 Å². The summed E-state index contributed by atoms with van der Waals surface area (Å²) in [6.07, 6.45) is 0. The van der Waals surface area contributed by atoms with Crippen molar-refractivity contribution in [3.05, 3.63) is 29.8 Å². The van der Waals surface area contributed by atoms with Crippen molar-refractivity contribution in [1.82, 2.24) is 0 Å². The van der Waals surface area contributed by atoms with E-state index in [2.05, 4.69) is 18.6 Å². The predicted octanol–water partition coefficient (Wildman–Crippen LogP) is 2.36. The molecule has 0 aliphatic rings. The smallest absolute Gasteiger partial charge is 0.343 e. The van der Waals surface area contributed by atoms with Crippen molar-refractivity contribution in [3.63, 3.8) is 0 Å². The Hall–Kier alpha value is -1.51. The van der Waals surface area contributed by atoms with Gasteiger partial charge in [-0.1, -0.05) is 26.0 Å². The van der Waals surface area contributed by atoms with Crippen LogP contribution in [0.15, 0.2) is 24.3 Å². The van der Waals surface area contributed by atoms with Gasteiger partial charge in [-0.25, -0.2) is 4.79 Å². The maximum absolute atomic E-state index is 10.9. The number of carbonyl (C=O) groups is 1.